The number of hydrogen-bond acceptors (Lipinski definition) is 3. The zero-order valence-electron chi connectivity index (χ0n) is 17.0. The lowest BCUT2D eigenvalue weighted by molar-refractivity contribution is -0.125. The maximum absolute atomic E-state index is 13.1. The van der Waals surface area contributed by atoms with Gasteiger partial charge in [0.2, 0.25) is 5.91 Å². The van der Waals surface area contributed by atoms with E-state index in [0.29, 0.717) is 11.3 Å². The Bertz CT molecular complexity index is 1060. The van der Waals surface area contributed by atoms with Gasteiger partial charge >= 0.3 is 0 Å². The zero-order chi connectivity index (χ0) is 20.5. The number of aromatic amines is 1. The van der Waals surface area contributed by atoms with Crippen LogP contribution in [-0.4, -0.2) is 18.0 Å². The minimum absolute atomic E-state index is 0.0546. The van der Waals surface area contributed by atoms with E-state index in [4.69, 9.17) is 4.74 Å². The first-order valence-electron chi connectivity index (χ1n) is 9.27. The molecule has 0 saturated heterocycles. The number of carbonyl (C=O) groups excluding carboxylic acids is 1. The van der Waals surface area contributed by atoms with E-state index in [0.717, 1.165) is 22.2 Å². The van der Waals surface area contributed by atoms with E-state index in [2.05, 4.69) is 4.98 Å². The summed E-state index contributed by atoms with van der Waals surface area (Å²) in [5, 5.41) is 0.943. The van der Waals surface area contributed by atoms with Gasteiger partial charge in [-0.05, 0) is 54.3 Å². The molecule has 146 valence electrons. The van der Waals surface area contributed by atoms with Crippen molar-refractivity contribution < 1.29 is 9.53 Å². The molecule has 0 radical (unpaired) electrons. The van der Waals surface area contributed by atoms with Gasteiger partial charge in [0.25, 0.3) is 5.56 Å². The Kier molecular flexibility index (Phi) is 5.27. The summed E-state index contributed by atoms with van der Waals surface area (Å²) in [5.41, 5.74) is 2.39. The third kappa shape index (κ3) is 4.09. The lowest BCUT2D eigenvalue weighted by atomic mass is 9.94. The molecule has 0 bridgehead atoms. The molecule has 0 aliphatic heterocycles. The number of aryl methyl sites for hydroxylation is 1. The summed E-state index contributed by atoms with van der Waals surface area (Å²) < 4.78 is 5.21. The first-order valence-corrected chi connectivity index (χ1v) is 9.27. The molecule has 5 heteroatoms. The Morgan fingerprint density at radius 3 is 2.36 bits per heavy atom. The summed E-state index contributed by atoms with van der Waals surface area (Å²) in [7, 11) is 1.60. The number of carbonyl (C=O) groups is 1. The fourth-order valence-electron chi connectivity index (χ4n) is 3.10. The van der Waals surface area contributed by atoms with Gasteiger partial charge in [-0.1, -0.05) is 32.9 Å². The van der Waals surface area contributed by atoms with Crippen LogP contribution in [-0.2, 0) is 11.3 Å². The van der Waals surface area contributed by atoms with Crippen molar-refractivity contribution in [3.63, 3.8) is 0 Å². The molecule has 0 aliphatic rings. The predicted octanol–water partition coefficient (Wildman–Crippen LogP) is 4.42. The van der Waals surface area contributed by atoms with Crippen molar-refractivity contribution in [1.29, 1.82) is 0 Å². The summed E-state index contributed by atoms with van der Waals surface area (Å²) in [4.78, 5) is 30.4. The highest BCUT2D eigenvalue weighted by Crippen LogP contribution is 2.27. The molecule has 0 fully saturated rings. The number of nitrogens with one attached hydrogen (secondary N) is 1. The smallest absolute Gasteiger partial charge is 0.253 e. The second-order valence-corrected chi connectivity index (χ2v) is 8.05. The number of fused-ring (bicyclic) bond motifs is 1. The fraction of sp³-hybridized carbons (Fsp3) is 0.304. The lowest BCUT2D eigenvalue weighted by Gasteiger charge is -2.29. The van der Waals surface area contributed by atoms with Crippen LogP contribution in [0.25, 0.3) is 10.9 Å². The van der Waals surface area contributed by atoms with Crippen molar-refractivity contribution >= 4 is 22.5 Å². The number of methoxy groups -OCH3 is 1. The van der Waals surface area contributed by atoms with Crippen LogP contribution < -0.4 is 15.2 Å². The van der Waals surface area contributed by atoms with Crippen LogP contribution in [0.4, 0.5) is 5.69 Å². The van der Waals surface area contributed by atoms with Gasteiger partial charge < -0.3 is 14.6 Å². The Labute approximate surface area is 165 Å². The third-order valence-corrected chi connectivity index (χ3v) is 4.68. The first-order chi connectivity index (χ1) is 13.2. The minimum Gasteiger partial charge on any atom is -0.497 e. The van der Waals surface area contributed by atoms with E-state index < -0.39 is 5.41 Å². The standard InChI is InChI=1S/C23H26N2O3/c1-15-6-7-16-13-17(21(26)24-20(16)12-15)14-25(22(27)23(2,3)4)18-8-10-19(28-5)11-9-18/h6-13H,14H2,1-5H3,(H,24,26). The van der Waals surface area contributed by atoms with Gasteiger partial charge in [0, 0.05) is 22.2 Å². The summed E-state index contributed by atoms with van der Waals surface area (Å²) in [6.07, 6.45) is 0. The molecule has 5 nitrogen and oxygen atoms in total. The van der Waals surface area contributed by atoms with Crippen molar-refractivity contribution in [2.45, 2.75) is 34.2 Å². The number of anilines is 1. The molecular weight excluding hydrogens is 352 g/mol. The quantitative estimate of drug-likeness (QED) is 0.731. The molecule has 0 unspecified atom stereocenters. The zero-order valence-corrected chi connectivity index (χ0v) is 17.0. The van der Waals surface area contributed by atoms with Gasteiger partial charge in [-0.3, -0.25) is 9.59 Å². The van der Waals surface area contributed by atoms with Crippen LogP contribution in [0, 0.1) is 12.3 Å². The minimum atomic E-state index is -0.583. The maximum Gasteiger partial charge on any atom is 0.253 e. The summed E-state index contributed by atoms with van der Waals surface area (Å²) in [6, 6.07) is 15.1. The number of H-pyrrole nitrogens is 1. The molecule has 3 aromatic rings. The molecule has 0 aliphatic carbocycles. The molecule has 0 atom stereocenters. The second-order valence-electron chi connectivity index (χ2n) is 8.05. The van der Waals surface area contributed by atoms with E-state index in [1.165, 1.54) is 0 Å². The number of benzene rings is 2. The number of ether oxygens (including phenoxy) is 1. The number of rotatable bonds is 4. The van der Waals surface area contributed by atoms with Gasteiger partial charge in [0.15, 0.2) is 0 Å². The van der Waals surface area contributed by atoms with Gasteiger partial charge in [-0.25, -0.2) is 0 Å². The Morgan fingerprint density at radius 1 is 1.07 bits per heavy atom. The van der Waals surface area contributed by atoms with Gasteiger partial charge in [0.05, 0.1) is 13.7 Å². The molecule has 28 heavy (non-hydrogen) atoms. The molecule has 0 saturated carbocycles. The van der Waals surface area contributed by atoms with E-state index in [1.54, 1.807) is 12.0 Å². The van der Waals surface area contributed by atoms with Crippen LogP contribution in [0.1, 0.15) is 31.9 Å². The molecule has 0 spiro atoms. The maximum atomic E-state index is 13.1. The van der Waals surface area contributed by atoms with Crippen molar-refractivity contribution in [3.05, 3.63) is 70.0 Å². The first kappa shape index (κ1) is 19.7. The molecule has 1 N–H and O–H groups in total. The van der Waals surface area contributed by atoms with Crippen LogP contribution in [0.2, 0.25) is 0 Å². The fourth-order valence-corrected chi connectivity index (χ4v) is 3.10. The number of aromatic nitrogens is 1. The van der Waals surface area contributed by atoms with Crippen LogP contribution in [0.3, 0.4) is 0 Å². The molecule has 1 amide bonds. The van der Waals surface area contributed by atoms with E-state index in [9.17, 15) is 9.59 Å². The highest BCUT2D eigenvalue weighted by atomic mass is 16.5. The summed E-state index contributed by atoms with van der Waals surface area (Å²) >= 11 is 0. The number of pyridine rings is 1. The van der Waals surface area contributed by atoms with Gasteiger partial charge in [-0.15, -0.1) is 0 Å². The van der Waals surface area contributed by atoms with Crippen molar-refractivity contribution in [1.82, 2.24) is 4.98 Å². The SMILES string of the molecule is COc1ccc(N(Cc2cc3ccc(C)cc3[nH]c2=O)C(=O)C(C)(C)C)cc1. The van der Waals surface area contributed by atoms with Gasteiger partial charge in [-0.2, -0.15) is 0 Å². The van der Waals surface area contributed by atoms with E-state index >= 15 is 0 Å². The molecular formula is C23H26N2O3. The van der Waals surface area contributed by atoms with E-state index in [-0.39, 0.29) is 18.0 Å². The Hall–Kier alpha value is -3.08. The predicted molar refractivity (Wildman–Crippen MR) is 113 cm³/mol. The van der Waals surface area contributed by atoms with Crippen LogP contribution in [0.15, 0.2) is 53.3 Å². The number of hydrogen-bond donors (Lipinski definition) is 1. The molecule has 2 aromatic carbocycles. The monoisotopic (exact) mass is 378 g/mol. The average Bonchev–Trinajstić information content (AvgIpc) is 2.65. The largest absolute Gasteiger partial charge is 0.497 e. The third-order valence-electron chi connectivity index (χ3n) is 4.68. The number of amides is 1. The Balaban J connectivity index is 2.04. The van der Waals surface area contributed by atoms with Crippen molar-refractivity contribution in [2.24, 2.45) is 5.41 Å². The highest BCUT2D eigenvalue weighted by molar-refractivity contribution is 5.97. The molecule has 1 heterocycles. The van der Waals surface area contributed by atoms with Crippen LogP contribution in [0.5, 0.6) is 5.75 Å². The summed E-state index contributed by atoms with van der Waals surface area (Å²) in [5.74, 6) is 0.659. The average molecular weight is 378 g/mol. The molecule has 1 aromatic heterocycles. The van der Waals surface area contributed by atoms with Crippen molar-refractivity contribution in [2.75, 3.05) is 12.0 Å². The lowest BCUT2D eigenvalue weighted by Crippen LogP contribution is -2.40. The van der Waals surface area contributed by atoms with Crippen LogP contribution >= 0.6 is 0 Å². The summed E-state index contributed by atoms with van der Waals surface area (Å²) in [6.45, 7) is 7.80. The normalized spacial score (nSPS) is 11.5. The number of nitrogens with zero attached hydrogens (tertiary/aromatic N) is 1. The van der Waals surface area contributed by atoms with Gasteiger partial charge in [0.1, 0.15) is 5.75 Å². The second kappa shape index (κ2) is 7.50. The molecule has 3 rings (SSSR count). The highest BCUT2D eigenvalue weighted by Gasteiger charge is 2.29. The van der Waals surface area contributed by atoms with E-state index in [1.807, 2.05) is 76.2 Å². The topological polar surface area (TPSA) is 62.4 Å². The van der Waals surface area contributed by atoms with Crippen molar-refractivity contribution in [3.8, 4) is 5.75 Å². The Morgan fingerprint density at radius 2 is 1.75 bits per heavy atom.